The summed E-state index contributed by atoms with van der Waals surface area (Å²) in [5.74, 6) is 0.427. The van der Waals surface area contributed by atoms with Crippen molar-refractivity contribution in [3.8, 4) is 0 Å². The quantitative estimate of drug-likeness (QED) is 0.852. The van der Waals surface area contributed by atoms with Crippen LogP contribution < -0.4 is 4.90 Å². The number of aryl methyl sites for hydroxylation is 1. The zero-order valence-electron chi connectivity index (χ0n) is 12.5. The molecule has 0 bridgehead atoms. The Kier molecular flexibility index (Phi) is 4.51. The number of carbonyl (C=O) groups is 1. The molecule has 2 aliphatic heterocycles. The fourth-order valence-corrected chi connectivity index (χ4v) is 3.24. The van der Waals surface area contributed by atoms with Crippen molar-refractivity contribution in [2.75, 3.05) is 31.8 Å². The molecule has 0 aromatic carbocycles. The number of hydrogen-bond donors (Lipinski definition) is 0. The van der Waals surface area contributed by atoms with E-state index in [1.165, 1.54) is 0 Å². The molecular weight excluding hydrogens is 268 g/mol. The first-order chi connectivity index (χ1) is 10.3. The standard InChI is InChI=1S/C16H22N2O3/c1-20-15-11-21-9-6-12(15)10-16(19)18-8-3-4-13-14(18)5-2-7-17-13/h2,5,7,12,15H,3-4,6,8-11H2,1H3. The van der Waals surface area contributed by atoms with Gasteiger partial charge in [0.2, 0.25) is 5.91 Å². The summed E-state index contributed by atoms with van der Waals surface area (Å²) in [4.78, 5) is 19.0. The summed E-state index contributed by atoms with van der Waals surface area (Å²) >= 11 is 0. The van der Waals surface area contributed by atoms with Gasteiger partial charge in [-0.15, -0.1) is 0 Å². The molecule has 1 aromatic rings. The number of hydrogen-bond acceptors (Lipinski definition) is 4. The van der Waals surface area contributed by atoms with Gasteiger partial charge in [-0.3, -0.25) is 9.78 Å². The van der Waals surface area contributed by atoms with E-state index in [1.54, 1.807) is 13.3 Å². The Morgan fingerprint density at radius 2 is 2.48 bits per heavy atom. The average molecular weight is 290 g/mol. The van der Waals surface area contributed by atoms with Crippen molar-refractivity contribution in [2.45, 2.75) is 31.8 Å². The number of methoxy groups -OCH3 is 1. The number of carbonyl (C=O) groups excluding carboxylic acids is 1. The number of fused-ring (bicyclic) bond motifs is 1. The highest BCUT2D eigenvalue weighted by molar-refractivity contribution is 5.94. The van der Waals surface area contributed by atoms with Crippen LogP contribution in [-0.4, -0.2) is 43.9 Å². The Morgan fingerprint density at radius 3 is 3.33 bits per heavy atom. The van der Waals surface area contributed by atoms with E-state index in [2.05, 4.69) is 4.98 Å². The zero-order chi connectivity index (χ0) is 14.7. The third-order valence-corrected chi connectivity index (χ3v) is 4.43. The van der Waals surface area contributed by atoms with Crippen LogP contribution in [0, 0.1) is 5.92 Å². The minimum absolute atomic E-state index is 0.0286. The predicted octanol–water partition coefficient (Wildman–Crippen LogP) is 1.80. The van der Waals surface area contributed by atoms with Crippen LogP contribution in [0.3, 0.4) is 0 Å². The summed E-state index contributed by atoms with van der Waals surface area (Å²) < 4.78 is 10.9. The Labute approximate surface area is 125 Å². The molecule has 0 spiro atoms. The minimum Gasteiger partial charge on any atom is -0.379 e. The fourth-order valence-electron chi connectivity index (χ4n) is 3.24. The van der Waals surface area contributed by atoms with E-state index < -0.39 is 0 Å². The molecule has 21 heavy (non-hydrogen) atoms. The Balaban J connectivity index is 1.71. The molecule has 3 heterocycles. The van der Waals surface area contributed by atoms with Gasteiger partial charge in [0.1, 0.15) is 0 Å². The fraction of sp³-hybridized carbons (Fsp3) is 0.625. The average Bonchev–Trinajstić information content (AvgIpc) is 2.54. The van der Waals surface area contributed by atoms with Crippen LogP contribution in [0.2, 0.25) is 0 Å². The molecule has 0 radical (unpaired) electrons. The molecule has 0 aliphatic carbocycles. The first kappa shape index (κ1) is 14.5. The number of rotatable bonds is 3. The van der Waals surface area contributed by atoms with Crippen molar-refractivity contribution in [3.05, 3.63) is 24.0 Å². The molecule has 3 rings (SSSR count). The van der Waals surface area contributed by atoms with Crippen molar-refractivity contribution in [3.63, 3.8) is 0 Å². The summed E-state index contributed by atoms with van der Waals surface area (Å²) in [6.45, 7) is 2.10. The lowest BCUT2D eigenvalue weighted by molar-refractivity contribution is -0.124. The lowest BCUT2D eigenvalue weighted by atomic mass is 9.92. The Bertz CT molecular complexity index is 506. The van der Waals surface area contributed by atoms with E-state index >= 15 is 0 Å². The molecule has 1 fully saturated rings. The van der Waals surface area contributed by atoms with Gasteiger partial charge in [0.15, 0.2) is 0 Å². The third-order valence-electron chi connectivity index (χ3n) is 4.43. The summed E-state index contributed by atoms with van der Waals surface area (Å²) in [7, 11) is 1.69. The largest absolute Gasteiger partial charge is 0.379 e. The lowest BCUT2D eigenvalue weighted by Gasteiger charge is -2.33. The molecule has 1 aromatic heterocycles. The first-order valence-corrected chi connectivity index (χ1v) is 7.64. The van der Waals surface area contributed by atoms with E-state index in [-0.39, 0.29) is 17.9 Å². The van der Waals surface area contributed by atoms with Crippen LogP contribution in [0.5, 0.6) is 0 Å². The highest BCUT2D eigenvalue weighted by Crippen LogP contribution is 2.28. The van der Waals surface area contributed by atoms with Gasteiger partial charge in [0.25, 0.3) is 0 Å². The van der Waals surface area contributed by atoms with Crippen molar-refractivity contribution >= 4 is 11.6 Å². The number of ether oxygens (including phenoxy) is 2. The molecule has 0 saturated carbocycles. The van der Waals surface area contributed by atoms with Gasteiger partial charge in [-0.25, -0.2) is 0 Å². The molecule has 1 amide bonds. The van der Waals surface area contributed by atoms with Crippen molar-refractivity contribution in [1.82, 2.24) is 4.98 Å². The van der Waals surface area contributed by atoms with Gasteiger partial charge in [-0.2, -0.15) is 0 Å². The normalized spacial score (nSPS) is 25.5. The first-order valence-electron chi connectivity index (χ1n) is 7.64. The van der Waals surface area contributed by atoms with Crippen LogP contribution in [0.1, 0.15) is 25.0 Å². The van der Waals surface area contributed by atoms with E-state index in [1.807, 2.05) is 17.0 Å². The molecule has 5 nitrogen and oxygen atoms in total. The van der Waals surface area contributed by atoms with Crippen molar-refractivity contribution < 1.29 is 14.3 Å². The van der Waals surface area contributed by atoms with E-state index in [0.717, 1.165) is 43.8 Å². The second-order valence-corrected chi connectivity index (χ2v) is 5.72. The van der Waals surface area contributed by atoms with Gasteiger partial charge >= 0.3 is 0 Å². The summed E-state index contributed by atoms with van der Waals surface area (Å²) in [6, 6.07) is 3.90. The predicted molar refractivity (Wildman–Crippen MR) is 79.3 cm³/mol. The second-order valence-electron chi connectivity index (χ2n) is 5.72. The summed E-state index contributed by atoms with van der Waals surface area (Å²) in [5.41, 5.74) is 2.02. The Morgan fingerprint density at radius 1 is 1.57 bits per heavy atom. The van der Waals surface area contributed by atoms with Crippen LogP contribution in [0.25, 0.3) is 0 Å². The number of amides is 1. The summed E-state index contributed by atoms with van der Waals surface area (Å²) in [5, 5.41) is 0. The van der Waals surface area contributed by atoms with E-state index in [9.17, 15) is 4.79 Å². The van der Waals surface area contributed by atoms with E-state index in [0.29, 0.717) is 13.0 Å². The van der Waals surface area contributed by atoms with Crippen LogP contribution in [-0.2, 0) is 20.7 Å². The van der Waals surface area contributed by atoms with Gasteiger partial charge in [0.05, 0.1) is 24.1 Å². The monoisotopic (exact) mass is 290 g/mol. The summed E-state index contributed by atoms with van der Waals surface area (Å²) in [6.07, 6.45) is 5.18. The smallest absolute Gasteiger partial charge is 0.227 e. The Hall–Kier alpha value is -1.46. The number of pyridine rings is 1. The molecule has 0 N–H and O–H groups in total. The van der Waals surface area contributed by atoms with Gasteiger partial charge in [-0.1, -0.05) is 0 Å². The van der Waals surface area contributed by atoms with Crippen LogP contribution >= 0.6 is 0 Å². The minimum atomic E-state index is 0.0286. The topological polar surface area (TPSA) is 51.7 Å². The molecule has 1 saturated heterocycles. The molecular formula is C16H22N2O3. The zero-order valence-corrected chi connectivity index (χ0v) is 12.5. The van der Waals surface area contributed by atoms with E-state index in [4.69, 9.17) is 9.47 Å². The van der Waals surface area contributed by atoms with Crippen molar-refractivity contribution in [1.29, 1.82) is 0 Å². The molecule has 5 heteroatoms. The highest BCUT2D eigenvalue weighted by Gasteiger charge is 2.31. The van der Waals surface area contributed by atoms with Crippen LogP contribution in [0.15, 0.2) is 18.3 Å². The van der Waals surface area contributed by atoms with Gasteiger partial charge in [0, 0.05) is 32.9 Å². The number of aromatic nitrogens is 1. The van der Waals surface area contributed by atoms with Gasteiger partial charge < -0.3 is 14.4 Å². The number of nitrogens with zero attached hydrogens (tertiary/aromatic N) is 2. The number of anilines is 1. The SMILES string of the molecule is COC1COCCC1CC(=O)N1CCCc2ncccc21. The molecule has 2 atom stereocenters. The second kappa shape index (κ2) is 6.54. The van der Waals surface area contributed by atoms with Crippen LogP contribution in [0.4, 0.5) is 5.69 Å². The highest BCUT2D eigenvalue weighted by atomic mass is 16.5. The molecule has 2 aliphatic rings. The van der Waals surface area contributed by atoms with Gasteiger partial charge in [-0.05, 0) is 37.3 Å². The maximum atomic E-state index is 12.7. The lowest BCUT2D eigenvalue weighted by Crippen LogP contribution is -2.41. The maximum absolute atomic E-state index is 12.7. The molecule has 114 valence electrons. The molecule has 2 unspecified atom stereocenters. The third kappa shape index (κ3) is 3.09. The van der Waals surface area contributed by atoms with Crippen molar-refractivity contribution in [2.24, 2.45) is 5.92 Å². The maximum Gasteiger partial charge on any atom is 0.227 e.